The quantitative estimate of drug-likeness (QED) is 0.708. The van der Waals surface area contributed by atoms with Crippen LogP contribution in [-0.4, -0.2) is 66.6 Å². The van der Waals surface area contributed by atoms with Gasteiger partial charge in [0, 0.05) is 31.8 Å². The summed E-state index contributed by atoms with van der Waals surface area (Å²) in [5.74, 6) is 0.122. The van der Waals surface area contributed by atoms with Gasteiger partial charge in [0.15, 0.2) is 0 Å². The largest absolute Gasteiger partial charge is 0.344 e. The highest BCUT2D eigenvalue weighted by atomic mass is 32.1. The summed E-state index contributed by atoms with van der Waals surface area (Å²) in [6.07, 6.45) is 2.12. The molecule has 1 aliphatic rings. The number of thiol groups is 1. The molecule has 1 N–H and O–H groups in total. The zero-order chi connectivity index (χ0) is 13.7. The van der Waals surface area contributed by atoms with Crippen LogP contribution in [0.1, 0.15) is 19.8 Å². The monoisotopic (exact) mass is 273 g/mol. The predicted octanol–water partition coefficient (Wildman–Crippen LogP) is -0.0265. The molecule has 1 heterocycles. The molecule has 0 aromatic heterocycles. The minimum atomic E-state index is -0.508. The number of likely N-dealkylation sites (tertiary alicyclic amines) is 1. The molecule has 0 aliphatic carbocycles. The number of rotatable bonds is 4. The molecule has 0 bridgehead atoms. The van der Waals surface area contributed by atoms with Gasteiger partial charge in [0.2, 0.25) is 11.8 Å². The number of amides is 2. The average Bonchev–Trinajstić information content (AvgIpc) is 2.35. The first-order valence-corrected chi connectivity index (χ1v) is 6.92. The number of nitrogens with zero attached hydrogens (tertiary/aromatic N) is 2. The number of piperidine rings is 1. The third-order valence-corrected chi connectivity index (χ3v) is 3.66. The van der Waals surface area contributed by atoms with Gasteiger partial charge in [-0.1, -0.05) is 0 Å². The molecule has 1 rings (SSSR count). The number of likely N-dealkylation sites (N-methyl/N-ethyl adjacent to an activating group) is 1. The van der Waals surface area contributed by atoms with Crippen molar-refractivity contribution >= 4 is 24.4 Å². The van der Waals surface area contributed by atoms with Gasteiger partial charge in [0.1, 0.15) is 6.04 Å². The SMILES string of the molecule is CC(=O)NC(CS)C(=O)N1CCCC(N(C)C)C1. The molecule has 104 valence electrons. The van der Waals surface area contributed by atoms with Crippen molar-refractivity contribution in [1.29, 1.82) is 0 Å². The van der Waals surface area contributed by atoms with E-state index in [1.54, 1.807) is 0 Å². The number of carbonyl (C=O) groups excluding carboxylic acids is 2. The Morgan fingerprint density at radius 2 is 2.17 bits per heavy atom. The molecule has 1 fully saturated rings. The molecule has 0 saturated carbocycles. The van der Waals surface area contributed by atoms with Crippen LogP contribution in [0.4, 0.5) is 0 Å². The Morgan fingerprint density at radius 3 is 2.67 bits per heavy atom. The Hall–Kier alpha value is -0.750. The molecule has 2 atom stereocenters. The van der Waals surface area contributed by atoms with Gasteiger partial charge >= 0.3 is 0 Å². The normalized spacial score (nSPS) is 21.8. The lowest BCUT2D eigenvalue weighted by atomic mass is 10.0. The summed E-state index contributed by atoms with van der Waals surface area (Å²) in [4.78, 5) is 27.3. The second-order valence-electron chi connectivity index (χ2n) is 4.98. The standard InChI is InChI=1S/C12H23N3O2S/c1-9(16)13-11(8-18)12(17)15-6-4-5-10(7-15)14(2)3/h10-11,18H,4-8H2,1-3H3,(H,13,16). The van der Waals surface area contributed by atoms with Crippen LogP contribution >= 0.6 is 12.6 Å². The minimum absolute atomic E-state index is 0.0215. The summed E-state index contributed by atoms with van der Waals surface area (Å²) in [6.45, 7) is 2.92. The minimum Gasteiger partial charge on any atom is -0.344 e. The molecular formula is C12H23N3O2S. The fraction of sp³-hybridized carbons (Fsp3) is 0.833. The molecule has 0 radical (unpaired) electrons. The highest BCUT2D eigenvalue weighted by molar-refractivity contribution is 7.80. The topological polar surface area (TPSA) is 52.7 Å². The van der Waals surface area contributed by atoms with Gasteiger partial charge in [0.25, 0.3) is 0 Å². The second kappa shape index (κ2) is 6.99. The van der Waals surface area contributed by atoms with E-state index in [1.165, 1.54) is 6.92 Å². The molecule has 0 aromatic carbocycles. The predicted molar refractivity (Wildman–Crippen MR) is 74.7 cm³/mol. The van der Waals surface area contributed by atoms with Gasteiger partial charge in [-0.3, -0.25) is 9.59 Å². The van der Waals surface area contributed by atoms with Crippen LogP contribution in [-0.2, 0) is 9.59 Å². The fourth-order valence-corrected chi connectivity index (χ4v) is 2.48. The molecule has 0 aromatic rings. The molecule has 6 heteroatoms. The van der Waals surface area contributed by atoms with Crippen LogP contribution in [0.2, 0.25) is 0 Å². The summed E-state index contributed by atoms with van der Waals surface area (Å²) in [5, 5.41) is 2.65. The maximum atomic E-state index is 12.3. The van der Waals surface area contributed by atoms with Gasteiger partial charge in [-0.05, 0) is 26.9 Å². The van der Waals surface area contributed by atoms with Crippen molar-refractivity contribution < 1.29 is 9.59 Å². The lowest BCUT2D eigenvalue weighted by Gasteiger charge is -2.37. The van der Waals surface area contributed by atoms with E-state index in [1.807, 2.05) is 19.0 Å². The molecule has 0 spiro atoms. The summed E-state index contributed by atoms with van der Waals surface area (Å²) in [5.41, 5.74) is 0. The van der Waals surface area contributed by atoms with Crippen molar-refractivity contribution in [2.24, 2.45) is 0 Å². The van der Waals surface area contributed by atoms with E-state index in [9.17, 15) is 9.59 Å². The number of nitrogens with one attached hydrogen (secondary N) is 1. The molecule has 2 amide bonds. The highest BCUT2D eigenvalue weighted by Gasteiger charge is 2.29. The fourth-order valence-electron chi connectivity index (χ4n) is 2.23. The Morgan fingerprint density at radius 1 is 1.50 bits per heavy atom. The van der Waals surface area contributed by atoms with Crippen molar-refractivity contribution in [2.75, 3.05) is 32.9 Å². The molecule has 1 aliphatic heterocycles. The summed E-state index contributed by atoms with van der Waals surface area (Å²) >= 11 is 4.14. The van der Waals surface area contributed by atoms with Gasteiger partial charge in [-0.2, -0.15) is 12.6 Å². The van der Waals surface area contributed by atoms with Crippen molar-refractivity contribution in [3.8, 4) is 0 Å². The third kappa shape index (κ3) is 4.17. The Labute approximate surface area is 114 Å². The van der Waals surface area contributed by atoms with E-state index in [0.717, 1.165) is 25.9 Å². The average molecular weight is 273 g/mol. The molecular weight excluding hydrogens is 250 g/mol. The van der Waals surface area contributed by atoms with E-state index in [4.69, 9.17) is 0 Å². The van der Waals surface area contributed by atoms with Gasteiger partial charge in [0.05, 0.1) is 0 Å². The summed E-state index contributed by atoms with van der Waals surface area (Å²) < 4.78 is 0. The van der Waals surface area contributed by atoms with Crippen LogP contribution in [0.3, 0.4) is 0 Å². The maximum Gasteiger partial charge on any atom is 0.246 e. The summed E-state index contributed by atoms with van der Waals surface area (Å²) in [6, 6.07) is -0.104. The van der Waals surface area contributed by atoms with Crippen LogP contribution in [0.15, 0.2) is 0 Å². The molecule has 1 saturated heterocycles. The van der Waals surface area contributed by atoms with Crippen molar-refractivity contribution in [2.45, 2.75) is 31.8 Å². The Bertz CT molecular complexity index is 310. The van der Waals surface area contributed by atoms with Gasteiger partial charge in [-0.15, -0.1) is 0 Å². The van der Waals surface area contributed by atoms with Gasteiger partial charge < -0.3 is 15.1 Å². The van der Waals surface area contributed by atoms with E-state index < -0.39 is 6.04 Å². The first-order valence-electron chi connectivity index (χ1n) is 6.29. The Kier molecular flexibility index (Phi) is 5.95. The number of hydrogen-bond acceptors (Lipinski definition) is 4. The van der Waals surface area contributed by atoms with Crippen LogP contribution in [0, 0.1) is 0 Å². The first-order chi connectivity index (χ1) is 8.45. The van der Waals surface area contributed by atoms with E-state index >= 15 is 0 Å². The van der Waals surface area contributed by atoms with E-state index in [0.29, 0.717) is 11.8 Å². The van der Waals surface area contributed by atoms with Crippen molar-refractivity contribution in [3.63, 3.8) is 0 Å². The third-order valence-electron chi connectivity index (χ3n) is 3.30. The zero-order valence-electron chi connectivity index (χ0n) is 11.3. The summed E-state index contributed by atoms with van der Waals surface area (Å²) in [7, 11) is 4.06. The van der Waals surface area contributed by atoms with Crippen LogP contribution in [0.5, 0.6) is 0 Å². The molecule has 2 unspecified atom stereocenters. The van der Waals surface area contributed by atoms with Crippen molar-refractivity contribution in [3.05, 3.63) is 0 Å². The Balaban J connectivity index is 2.61. The van der Waals surface area contributed by atoms with Gasteiger partial charge in [-0.25, -0.2) is 0 Å². The number of carbonyl (C=O) groups is 2. The first kappa shape index (κ1) is 15.3. The molecule has 18 heavy (non-hydrogen) atoms. The lowest BCUT2D eigenvalue weighted by Crippen LogP contribution is -2.54. The molecule has 5 nitrogen and oxygen atoms in total. The lowest BCUT2D eigenvalue weighted by molar-refractivity contribution is -0.137. The highest BCUT2D eigenvalue weighted by Crippen LogP contribution is 2.14. The second-order valence-corrected chi connectivity index (χ2v) is 5.34. The van der Waals surface area contributed by atoms with Crippen LogP contribution < -0.4 is 5.32 Å². The van der Waals surface area contributed by atoms with Crippen LogP contribution in [0.25, 0.3) is 0 Å². The zero-order valence-corrected chi connectivity index (χ0v) is 12.2. The number of hydrogen-bond donors (Lipinski definition) is 2. The van der Waals surface area contributed by atoms with Crippen molar-refractivity contribution in [1.82, 2.24) is 15.1 Å². The smallest absolute Gasteiger partial charge is 0.246 e. The van der Waals surface area contributed by atoms with E-state index in [2.05, 4.69) is 22.8 Å². The maximum absolute atomic E-state index is 12.3. The van der Waals surface area contributed by atoms with E-state index in [-0.39, 0.29) is 11.8 Å².